The van der Waals surface area contributed by atoms with E-state index in [1.54, 1.807) is 20.8 Å². The molecule has 0 unspecified atom stereocenters. The van der Waals surface area contributed by atoms with Crippen LogP contribution in [0.4, 0.5) is 10.6 Å². The number of hydrogen-bond acceptors (Lipinski definition) is 6. The Hall–Kier alpha value is -2.36. The molecule has 1 aromatic heterocycles. The monoisotopic (exact) mass is 249 g/mol. The lowest BCUT2D eigenvalue weighted by Crippen LogP contribution is -2.32. The highest BCUT2D eigenvalue weighted by Gasteiger charge is 2.16. The molecule has 0 aliphatic heterocycles. The maximum atomic E-state index is 11.4. The van der Waals surface area contributed by atoms with Gasteiger partial charge in [-0.3, -0.25) is 0 Å². The van der Waals surface area contributed by atoms with Crippen LogP contribution >= 0.6 is 0 Å². The molecule has 0 radical (unpaired) electrons. The summed E-state index contributed by atoms with van der Waals surface area (Å²) in [5, 5.41) is 11.2. The van der Waals surface area contributed by atoms with Gasteiger partial charge in [0.05, 0.1) is 12.7 Å². The van der Waals surface area contributed by atoms with Crippen LogP contribution in [0.2, 0.25) is 0 Å². The van der Waals surface area contributed by atoms with Crippen molar-refractivity contribution in [1.82, 2.24) is 15.3 Å². The Kier molecular flexibility index (Phi) is 4.05. The first-order valence-corrected chi connectivity index (χ1v) is 5.30. The number of nitrogens with one attached hydrogen (secondary N) is 1. The predicted octanol–water partition coefficient (Wildman–Crippen LogP) is 0.955. The number of ether oxygens (including phenoxy) is 1. The molecule has 0 aliphatic carbocycles. The van der Waals surface area contributed by atoms with Crippen molar-refractivity contribution in [2.24, 2.45) is 0 Å². The number of nitrogen functional groups attached to an aromatic ring is 1. The van der Waals surface area contributed by atoms with E-state index in [0.29, 0.717) is 5.82 Å². The molecule has 7 nitrogen and oxygen atoms in total. The van der Waals surface area contributed by atoms with Gasteiger partial charge in [0.2, 0.25) is 0 Å². The van der Waals surface area contributed by atoms with E-state index >= 15 is 0 Å². The number of amides is 1. The third kappa shape index (κ3) is 4.25. The summed E-state index contributed by atoms with van der Waals surface area (Å²) in [4.78, 5) is 19.1. The van der Waals surface area contributed by atoms with Gasteiger partial charge in [-0.25, -0.2) is 14.8 Å². The Labute approximate surface area is 105 Å². The summed E-state index contributed by atoms with van der Waals surface area (Å²) in [5.41, 5.74) is 5.17. The summed E-state index contributed by atoms with van der Waals surface area (Å²) in [6.45, 7) is 5.39. The highest BCUT2D eigenvalue weighted by atomic mass is 16.6. The Balaban J connectivity index is 2.57. The van der Waals surface area contributed by atoms with E-state index in [-0.39, 0.29) is 17.9 Å². The molecule has 1 aromatic rings. The molecule has 0 saturated heterocycles. The van der Waals surface area contributed by atoms with Gasteiger partial charge in [0.25, 0.3) is 0 Å². The minimum Gasteiger partial charge on any atom is -0.444 e. The van der Waals surface area contributed by atoms with Crippen molar-refractivity contribution < 1.29 is 9.53 Å². The molecular weight excluding hydrogens is 234 g/mol. The van der Waals surface area contributed by atoms with E-state index in [4.69, 9.17) is 15.7 Å². The van der Waals surface area contributed by atoms with E-state index in [1.165, 1.54) is 6.20 Å². The van der Waals surface area contributed by atoms with Gasteiger partial charge in [0, 0.05) is 0 Å². The number of nitrogens with two attached hydrogens (primary N) is 1. The number of nitrogens with zero attached hydrogens (tertiary/aromatic N) is 3. The van der Waals surface area contributed by atoms with Crippen LogP contribution in [0, 0.1) is 11.3 Å². The molecule has 7 heteroatoms. The largest absolute Gasteiger partial charge is 0.444 e. The van der Waals surface area contributed by atoms with Crippen LogP contribution in [-0.4, -0.2) is 21.7 Å². The van der Waals surface area contributed by atoms with Crippen LogP contribution in [0.1, 0.15) is 32.2 Å². The molecule has 1 rings (SSSR count). The summed E-state index contributed by atoms with van der Waals surface area (Å²) in [5.74, 6) is 0.408. The zero-order valence-corrected chi connectivity index (χ0v) is 10.5. The number of carbonyl (C=O) groups is 1. The minimum absolute atomic E-state index is 0.0881. The summed E-state index contributed by atoms with van der Waals surface area (Å²) in [7, 11) is 0. The zero-order chi connectivity index (χ0) is 13.8. The highest BCUT2D eigenvalue weighted by Crippen LogP contribution is 2.07. The molecule has 0 spiro atoms. The Bertz CT molecular complexity index is 487. The average Bonchev–Trinajstić information content (AvgIpc) is 2.24. The van der Waals surface area contributed by atoms with Gasteiger partial charge in [-0.05, 0) is 20.8 Å². The first kappa shape index (κ1) is 13.7. The van der Waals surface area contributed by atoms with Crippen LogP contribution in [0.25, 0.3) is 0 Å². The molecule has 3 N–H and O–H groups in total. The van der Waals surface area contributed by atoms with Crippen LogP contribution in [0.3, 0.4) is 0 Å². The van der Waals surface area contributed by atoms with Gasteiger partial charge in [0.15, 0.2) is 0 Å². The maximum Gasteiger partial charge on any atom is 0.408 e. The summed E-state index contributed by atoms with van der Waals surface area (Å²) < 4.78 is 5.05. The second-order valence-corrected chi connectivity index (χ2v) is 4.55. The van der Waals surface area contributed by atoms with Crippen molar-refractivity contribution in [3.63, 3.8) is 0 Å². The number of anilines is 1. The topological polar surface area (TPSA) is 114 Å². The zero-order valence-electron chi connectivity index (χ0n) is 10.5. The van der Waals surface area contributed by atoms with Crippen LogP contribution < -0.4 is 11.1 Å². The molecular formula is C11H15N5O2. The maximum absolute atomic E-state index is 11.4. The predicted molar refractivity (Wildman–Crippen MR) is 64.2 cm³/mol. The Morgan fingerprint density at radius 3 is 2.78 bits per heavy atom. The molecule has 18 heavy (non-hydrogen) atoms. The van der Waals surface area contributed by atoms with Crippen molar-refractivity contribution in [3.8, 4) is 6.07 Å². The van der Waals surface area contributed by atoms with Gasteiger partial charge in [-0.15, -0.1) is 0 Å². The molecule has 0 fully saturated rings. The second-order valence-electron chi connectivity index (χ2n) is 4.55. The minimum atomic E-state index is -0.561. The summed E-state index contributed by atoms with van der Waals surface area (Å²) in [6, 6.07) is 1.86. The van der Waals surface area contributed by atoms with Crippen LogP contribution in [-0.2, 0) is 11.3 Å². The third-order valence-corrected chi connectivity index (χ3v) is 1.78. The summed E-state index contributed by atoms with van der Waals surface area (Å²) in [6.07, 6.45) is 0.753. The first-order chi connectivity index (χ1) is 8.31. The third-order valence-electron chi connectivity index (χ3n) is 1.78. The quantitative estimate of drug-likeness (QED) is 0.806. The number of carbonyl (C=O) groups excluding carboxylic acids is 1. The van der Waals surface area contributed by atoms with E-state index in [9.17, 15) is 4.79 Å². The van der Waals surface area contributed by atoms with Crippen molar-refractivity contribution in [2.45, 2.75) is 32.9 Å². The lowest BCUT2D eigenvalue weighted by Gasteiger charge is -2.19. The summed E-state index contributed by atoms with van der Waals surface area (Å²) >= 11 is 0. The van der Waals surface area contributed by atoms with Crippen molar-refractivity contribution in [2.75, 3.05) is 5.73 Å². The first-order valence-electron chi connectivity index (χ1n) is 5.30. The highest BCUT2D eigenvalue weighted by molar-refractivity contribution is 5.67. The van der Waals surface area contributed by atoms with Gasteiger partial charge in [0.1, 0.15) is 28.9 Å². The lowest BCUT2D eigenvalue weighted by molar-refractivity contribution is 0.0522. The van der Waals surface area contributed by atoms with Crippen molar-refractivity contribution >= 4 is 11.9 Å². The number of rotatable bonds is 2. The molecule has 0 bridgehead atoms. The van der Waals surface area contributed by atoms with Gasteiger partial charge in [-0.2, -0.15) is 5.26 Å². The molecule has 0 aromatic carbocycles. The molecule has 1 amide bonds. The fraction of sp³-hybridized carbons (Fsp3) is 0.455. The van der Waals surface area contributed by atoms with E-state index in [0.717, 1.165) is 0 Å². The standard InChI is InChI=1S/C11H15N5O2/c1-11(2,3)18-10(17)15-6-8-14-5-7(4-12)9(13)16-8/h5H,6H2,1-3H3,(H,15,17)(H2,13,14,16). The number of nitriles is 1. The molecule has 0 aliphatic rings. The van der Waals surface area contributed by atoms with Crippen LogP contribution in [0.15, 0.2) is 6.20 Å². The Morgan fingerprint density at radius 1 is 1.61 bits per heavy atom. The smallest absolute Gasteiger partial charge is 0.408 e. The number of hydrogen-bond donors (Lipinski definition) is 2. The normalized spacial score (nSPS) is 10.6. The SMILES string of the molecule is CC(C)(C)OC(=O)NCc1ncc(C#N)c(N)n1. The molecule has 0 atom stereocenters. The Morgan fingerprint density at radius 2 is 2.28 bits per heavy atom. The fourth-order valence-corrected chi connectivity index (χ4v) is 1.07. The van der Waals surface area contributed by atoms with E-state index < -0.39 is 11.7 Å². The fourth-order valence-electron chi connectivity index (χ4n) is 1.07. The van der Waals surface area contributed by atoms with Gasteiger partial charge in [-0.1, -0.05) is 0 Å². The van der Waals surface area contributed by atoms with Gasteiger partial charge < -0.3 is 15.8 Å². The number of alkyl carbamates (subject to hydrolysis) is 1. The molecule has 0 saturated carbocycles. The average molecular weight is 249 g/mol. The van der Waals surface area contributed by atoms with Crippen molar-refractivity contribution in [1.29, 1.82) is 5.26 Å². The molecule has 1 heterocycles. The molecule has 96 valence electrons. The van der Waals surface area contributed by atoms with Crippen LogP contribution in [0.5, 0.6) is 0 Å². The lowest BCUT2D eigenvalue weighted by atomic mass is 10.2. The second kappa shape index (κ2) is 5.31. The van der Waals surface area contributed by atoms with E-state index in [1.807, 2.05) is 6.07 Å². The van der Waals surface area contributed by atoms with Gasteiger partial charge >= 0.3 is 6.09 Å². The number of aromatic nitrogens is 2. The van der Waals surface area contributed by atoms with Crippen molar-refractivity contribution in [3.05, 3.63) is 17.6 Å². The van der Waals surface area contributed by atoms with E-state index in [2.05, 4.69) is 15.3 Å².